The zero-order chi connectivity index (χ0) is 86.4. The first-order valence-electron chi connectivity index (χ1n) is 39.9. The standard InChI is InChI=1S/2C35H40FN5O6S.C18H24N2O2S/c2*1-6-39-18-26(34(44)45)31(42)25-15-27(36)29(16-28(25)39)40-11-13-41(14-12-40)35(46)47-19-23-7-9-24(10-8-23)38-32(43)22(5)30-17-37-33(48-30)21(4)20(2)3;1-11(2)12(3)18-20-16(10-23-18)13(4)17(22)19-15-7-5-14(9-21)6-8-15/h2*7-10,15-18,20-22H,6,11-14,19H2,1-5H3,(H,38,43)(H,44,45);5-8,10-13,21H,9H2,1-4H3,(H,19,22)/t2*21-,22-;12-,13-/m000/s1. The van der Waals surface area contributed by atoms with E-state index in [-0.39, 0.29) is 77.4 Å². The number of carbonyl (C=O) groups is 7. The number of benzene rings is 5. The summed E-state index contributed by atoms with van der Waals surface area (Å²) >= 11 is 4.77. The molecule has 0 bridgehead atoms. The number of ether oxygens (including phenoxy) is 2. The number of nitrogens with one attached hydrogen (secondary N) is 3. The number of aliphatic hydroxyl groups excluding tert-OH is 1. The molecule has 31 heteroatoms. The topological polar surface area (TPSA) is 330 Å². The third-order valence-corrected chi connectivity index (χ3v) is 25.9. The summed E-state index contributed by atoms with van der Waals surface area (Å²) in [5.41, 5.74) is 4.32. The second kappa shape index (κ2) is 40.4. The fraction of sp³-hybridized carbons (Fsp3) is 0.409. The molecule has 0 unspecified atom stereocenters. The maximum Gasteiger partial charge on any atom is 0.410 e. The van der Waals surface area contributed by atoms with E-state index in [0.717, 1.165) is 65.0 Å². The van der Waals surface area contributed by atoms with Gasteiger partial charge in [0.05, 0.1) is 67.5 Å². The lowest BCUT2D eigenvalue weighted by atomic mass is 9.99. The lowest BCUT2D eigenvalue weighted by Gasteiger charge is -2.35. The van der Waals surface area contributed by atoms with Crippen molar-refractivity contribution < 1.29 is 67.1 Å². The largest absolute Gasteiger partial charge is 0.477 e. The average Bonchev–Trinajstić information content (AvgIpc) is 1.56. The second-order valence-corrected chi connectivity index (χ2v) is 34.0. The predicted molar refractivity (Wildman–Crippen MR) is 462 cm³/mol. The number of anilines is 5. The molecule has 0 saturated carbocycles. The molecule has 632 valence electrons. The van der Waals surface area contributed by atoms with E-state index in [9.17, 15) is 53.4 Å². The first-order valence-corrected chi connectivity index (χ1v) is 42.4. The van der Waals surface area contributed by atoms with Crippen molar-refractivity contribution in [3.8, 4) is 0 Å². The maximum absolute atomic E-state index is 15.2. The Kier molecular flexibility index (Phi) is 30.6. The van der Waals surface area contributed by atoms with Gasteiger partial charge in [0.1, 0.15) is 36.0 Å². The molecule has 119 heavy (non-hydrogen) atoms. The summed E-state index contributed by atoms with van der Waals surface area (Å²) in [5.74, 6) is -2.80. The maximum atomic E-state index is 15.2. The minimum Gasteiger partial charge on any atom is -0.477 e. The number of fused-ring (bicyclic) bond motifs is 2. The van der Waals surface area contributed by atoms with Crippen LogP contribution in [0.3, 0.4) is 0 Å². The first kappa shape index (κ1) is 90.1. The van der Waals surface area contributed by atoms with Gasteiger partial charge < -0.3 is 69.5 Å². The number of pyridine rings is 2. The highest BCUT2D eigenvalue weighted by Crippen LogP contribution is 2.36. The van der Waals surface area contributed by atoms with Crippen LogP contribution in [0.4, 0.5) is 46.8 Å². The van der Waals surface area contributed by atoms with E-state index < -0.39 is 57.7 Å². The van der Waals surface area contributed by atoms with E-state index in [1.165, 1.54) is 12.4 Å². The zero-order valence-electron chi connectivity index (χ0n) is 69.4. The number of aryl methyl sites for hydroxylation is 2. The van der Waals surface area contributed by atoms with Crippen LogP contribution in [0, 0.1) is 29.4 Å². The molecule has 0 spiro atoms. The minimum absolute atomic E-state index is 0.000263. The van der Waals surface area contributed by atoms with Crippen molar-refractivity contribution in [3.05, 3.63) is 218 Å². The van der Waals surface area contributed by atoms with E-state index in [1.807, 2.05) is 40.0 Å². The summed E-state index contributed by atoms with van der Waals surface area (Å²) < 4.78 is 44.7. The van der Waals surface area contributed by atoms with Crippen LogP contribution in [-0.2, 0) is 56.8 Å². The van der Waals surface area contributed by atoms with Crippen LogP contribution in [0.1, 0.15) is 200 Å². The monoisotopic (exact) mass is 1690 g/mol. The Hall–Kier alpha value is -11.3. The highest BCUT2D eigenvalue weighted by molar-refractivity contribution is 7.12. The van der Waals surface area contributed by atoms with Crippen LogP contribution in [-0.4, -0.2) is 143 Å². The van der Waals surface area contributed by atoms with E-state index in [1.54, 1.807) is 160 Å². The van der Waals surface area contributed by atoms with Gasteiger partial charge in [0, 0.05) is 151 Å². The van der Waals surface area contributed by atoms with Crippen molar-refractivity contribution >= 4 is 126 Å². The number of aromatic nitrogens is 5. The van der Waals surface area contributed by atoms with Gasteiger partial charge in [-0.2, -0.15) is 0 Å². The number of hydrogen-bond acceptors (Lipinski definition) is 20. The number of amides is 5. The lowest BCUT2D eigenvalue weighted by Crippen LogP contribution is -2.49. The van der Waals surface area contributed by atoms with Crippen LogP contribution >= 0.6 is 34.0 Å². The van der Waals surface area contributed by atoms with Gasteiger partial charge in [0.15, 0.2) is 0 Å². The molecule has 2 saturated heterocycles. The number of thiazole rings is 3. The van der Waals surface area contributed by atoms with Crippen LogP contribution in [0.5, 0.6) is 0 Å². The lowest BCUT2D eigenvalue weighted by molar-refractivity contribution is -0.118. The van der Waals surface area contributed by atoms with Crippen molar-refractivity contribution in [1.29, 1.82) is 0 Å². The summed E-state index contributed by atoms with van der Waals surface area (Å²) in [4.78, 5) is 134. The number of hydrogen-bond donors (Lipinski definition) is 6. The highest BCUT2D eigenvalue weighted by Gasteiger charge is 2.31. The number of rotatable bonds is 26. The van der Waals surface area contributed by atoms with Crippen molar-refractivity contribution in [1.82, 2.24) is 33.9 Å². The molecule has 12 rings (SSSR count). The number of aliphatic hydroxyl groups is 1. The van der Waals surface area contributed by atoms with Crippen molar-refractivity contribution in [2.75, 3.05) is 78.1 Å². The molecule has 26 nitrogen and oxygen atoms in total. The molecule has 0 aliphatic carbocycles. The molecule has 10 aromatic rings. The fourth-order valence-electron chi connectivity index (χ4n) is 13.0. The Bertz CT molecular complexity index is 5130. The van der Waals surface area contributed by atoms with Gasteiger partial charge in [-0.05, 0) is 130 Å². The van der Waals surface area contributed by atoms with E-state index >= 15 is 8.78 Å². The molecule has 7 heterocycles. The number of piperazine rings is 2. The van der Waals surface area contributed by atoms with Gasteiger partial charge >= 0.3 is 24.1 Å². The molecule has 2 aliphatic rings. The molecule has 6 atom stereocenters. The Morgan fingerprint density at radius 3 is 1.16 bits per heavy atom. The number of carbonyl (C=O) groups excluding carboxylic acids is 5. The number of carboxylic acids is 2. The molecule has 2 aliphatic heterocycles. The molecule has 2 fully saturated rings. The molecule has 5 amide bonds. The van der Waals surface area contributed by atoms with Crippen LogP contribution in [0.15, 0.2) is 137 Å². The van der Waals surface area contributed by atoms with Crippen LogP contribution < -0.4 is 36.6 Å². The second-order valence-electron chi connectivity index (χ2n) is 30.9. The smallest absolute Gasteiger partial charge is 0.410 e. The number of nitrogens with zero attached hydrogens (tertiary/aromatic N) is 9. The van der Waals surface area contributed by atoms with E-state index in [2.05, 4.69) is 93.2 Å². The summed E-state index contributed by atoms with van der Waals surface area (Å²) in [6.07, 6.45) is 5.15. The molecule has 0 radical (unpaired) electrons. The first-order chi connectivity index (χ1) is 56.7. The van der Waals surface area contributed by atoms with E-state index in [0.29, 0.717) is 123 Å². The van der Waals surface area contributed by atoms with Gasteiger partial charge in [-0.15, -0.1) is 34.0 Å². The number of aromatic carboxylic acids is 2. The van der Waals surface area contributed by atoms with Crippen LogP contribution in [0.25, 0.3) is 21.8 Å². The SMILES string of the molecule is CC(C)[C@H](C)c1nc([C@H](C)C(=O)Nc2ccc(CO)cc2)cs1.CCn1cc(C(=O)O)c(=O)c2cc(F)c(N3CCN(C(=O)OCc4ccc(NC(=O)[C@@H](C)c5cnc([C@@H](C)C(C)C)s5)cc4)CC3)cc21.CCn1cc(C(=O)O)c(=O)c2cc(F)c(N3CCN(C(=O)OCc4ccc(NC(=O)[C@@H](C)c5cnc([C@@H](C)C(C)C)s5)cc4)CC3)cc21. The fourth-order valence-corrected chi connectivity index (χ4v) is 16.6. The van der Waals surface area contributed by atoms with E-state index in [4.69, 9.17) is 14.6 Å². The minimum atomic E-state index is -1.36. The Balaban J connectivity index is 0.000000200. The Morgan fingerprint density at radius 1 is 0.479 bits per heavy atom. The predicted octanol–water partition coefficient (Wildman–Crippen LogP) is 16.7. The quantitative estimate of drug-likeness (QED) is 0.0293. The molecular weight excluding hydrogens is 1580 g/mol. The van der Waals surface area contributed by atoms with Gasteiger partial charge in [0.25, 0.3) is 0 Å². The molecule has 5 aromatic heterocycles. The van der Waals surface area contributed by atoms with Gasteiger partial charge in [-0.1, -0.05) is 98.7 Å². The number of halogens is 2. The van der Waals surface area contributed by atoms with Crippen molar-refractivity contribution in [2.24, 2.45) is 17.8 Å². The molecule has 5 aromatic carbocycles. The van der Waals surface area contributed by atoms with Gasteiger partial charge in [-0.25, -0.2) is 42.9 Å². The highest BCUT2D eigenvalue weighted by atomic mass is 32.1. The molecule has 6 N–H and O–H groups in total. The molecular formula is C88H104F2N12O14S3. The van der Waals surface area contributed by atoms with Gasteiger partial charge in [-0.3, -0.25) is 24.0 Å². The summed E-state index contributed by atoms with van der Waals surface area (Å²) in [6, 6.07) is 26.7. The normalized spacial score (nSPS) is 14.5. The Labute approximate surface area is 701 Å². The zero-order valence-corrected chi connectivity index (χ0v) is 71.8. The van der Waals surface area contributed by atoms with Crippen molar-refractivity contribution in [3.63, 3.8) is 0 Å². The summed E-state index contributed by atoms with van der Waals surface area (Å²) in [5, 5.41) is 41.7. The van der Waals surface area contributed by atoms with Gasteiger partial charge in [0.2, 0.25) is 28.6 Å². The average molecular weight is 1690 g/mol. The Morgan fingerprint density at radius 2 is 0.824 bits per heavy atom. The number of carboxylic acid groups (broad SMARTS) is 2. The van der Waals surface area contributed by atoms with Crippen molar-refractivity contribution in [2.45, 2.75) is 165 Å². The van der Waals surface area contributed by atoms with Crippen LogP contribution in [0.2, 0.25) is 0 Å². The summed E-state index contributed by atoms with van der Waals surface area (Å²) in [6.45, 7) is 32.1. The third-order valence-electron chi connectivity index (χ3n) is 22.0. The summed E-state index contributed by atoms with van der Waals surface area (Å²) in [7, 11) is 0. The third kappa shape index (κ3) is 22.2.